The van der Waals surface area contributed by atoms with E-state index in [-0.39, 0.29) is 18.8 Å². The molecule has 1 aromatic rings. The third kappa shape index (κ3) is 4.05. The predicted octanol–water partition coefficient (Wildman–Crippen LogP) is 0.0183. The number of carbonyl (C=O) groups is 2. The SMILES string of the molecule is CC(C)(CNC(=O)Cn1cc([N+](=O)[O-])cn1)C(=O)O. The molecule has 2 N–H and O–H groups in total. The van der Waals surface area contributed by atoms with Crippen molar-refractivity contribution in [2.24, 2.45) is 5.41 Å². The van der Waals surface area contributed by atoms with Gasteiger partial charge in [-0.05, 0) is 13.8 Å². The molecule has 19 heavy (non-hydrogen) atoms. The second kappa shape index (κ2) is 5.46. The van der Waals surface area contributed by atoms with E-state index < -0.39 is 22.2 Å². The number of carboxylic acids is 1. The lowest BCUT2D eigenvalue weighted by molar-refractivity contribution is -0.385. The summed E-state index contributed by atoms with van der Waals surface area (Å²) >= 11 is 0. The van der Waals surface area contributed by atoms with Gasteiger partial charge in [0.15, 0.2) is 0 Å². The summed E-state index contributed by atoms with van der Waals surface area (Å²) in [5.74, 6) is -1.49. The van der Waals surface area contributed by atoms with Crippen LogP contribution in [0.4, 0.5) is 5.69 Å². The van der Waals surface area contributed by atoms with Gasteiger partial charge in [-0.1, -0.05) is 0 Å². The van der Waals surface area contributed by atoms with Crippen LogP contribution in [0.1, 0.15) is 13.8 Å². The third-order valence-electron chi connectivity index (χ3n) is 2.44. The van der Waals surface area contributed by atoms with Crippen LogP contribution in [-0.4, -0.2) is 38.2 Å². The lowest BCUT2D eigenvalue weighted by Gasteiger charge is -2.19. The fourth-order valence-electron chi connectivity index (χ4n) is 1.13. The molecule has 104 valence electrons. The Morgan fingerprint density at radius 3 is 2.68 bits per heavy atom. The summed E-state index contributed by atoms with van der Waals surface area (Å²) in [6.45, 7) is 2.72. The number of nitro groups is 1. The summed E-state index contributed by atoms with van der Waals surface area (Å²) in [6, 6.07) is 0. The summed E-state index contributed by atoms with van der Waals surface area (Å²) < 4.78 is 1.11. The van der Waals surface area contributed by atoms with Gasteiger partial charge < -0.3 is 10.4 Å². The highest BCUT2D eigenvalue weighted by molar-refractivity contribution is 5.78. The third-order valence-corrected chi connectivity index (χ3v) is 2.44. The van der Waals surface area contributed by atoms with Crippen LogP contribution in [0.3, 0.4) is 0 Å². The molecule has 1 aromatic heterocycles. The van der Waals surface area contributed by atoms with E-state index in [0.29, 0.717) is 0 Å². The summed E-state index contributed by atoms with van der Waals surface area (Å²) in [5.41, 5.74) is -1.29. The van der Waals surface area contributed by atoms with Crippen LogP contribution in [0, 0.1) is 15.5 Å². The number of hydrogen-bond donors (Lipinski definition) is 2. The van der Waals surface area contributed by atoms with Crippen LogP contribution in [0.25, 0.3) is 0 Å². The van der Waals surface area contributed by atoms with Gasteiger partial charge >= 0.3 is 11.7 Å². The standard InChI is InChI=1S/C10H14N4O5/c1-10(2,9(16)17)6-11-8(15)5-13-4-7(3-12-13)14(18)19/h3-4H,5-6H2,1-2H3,(H,11,15)(H,16,17). The molecule has 0 bridgehead atoms. The predicted molar refractivity (Wildman–Crippen MR) is 63.3 cm³/mol. The number of rotatable bonds is 6. The lowest BCUT2D eigenvalue weighted by Crippen LogP contribution is -2.40. The molecule has 9 nitrogen and oxygen atoms in total. The molecule has 0 unspecified atom stereocenters. The minimum Gasteiger partial charge on any atom is -0.481 e. The molecule has 0 aliphatic rings. The number of carbonyl (C=O) groups excluding carboxylic acids is 1. The number of hydrogen-bond acceptors (Lipinski definition) is 5. The number of amides is 1. The molecule has 0 aromatic carbocycles. The Bertz CT molecular complexity index is 508. The molecule has 0 saturated carbocycles. The number of carboxylic acid groups (broad SMARTS) is 1. The molecule has 1 heterocycles. The molecule has 0 spiro atoms. The van der Waals surface area contributed by atoms with E-state index in [1.165, 1.54) is 13.8 Å². The van der Waals surface area contributed by atoms with Crippen molar-refractivity contribution in [1.82, 2.24) is 15.1 Å². The fourth-order valence-corrected chi connectivity index (χ4v) is 1.13. The van der Waals surface area contributed by atoms with Gasteiger partial charge in [0.25, 0.3) is 0 Å². The van der Waals surface area contributed by atoms with Crippen LogP contribution < -0.4 is 5.32 Å². The molecule has 0 atom stereocenters. The van der Waals surface area contributed by atoms with Crippen molar-refractivity contribution >= 4 is 17.6 Å². The summed E-state index contributed by atoms with van der Waals surface area (Å²) in [7, 11) is 0. The molecule has 9 heteroatoms. The second-order valence-electron chi connectivity index (χ2n) is 4.62. The van der Waals surface area contributed by atoms with Crippen molar-refractivity contribution < 1.29 is 19.6 Å². The Hall–Kier alpha value is -2.45. The van der Waals surface area contributed by atoms with Crippen LogP contribution in [-0.2, 0) is 16.1 Å². The first-order chi connectivity index (χ1) is 8.72. The summed E-state index contributed by atoms with van der Waals surface area (Å²) in [6.07, 6.45) is 2.16. The molecule has 0 aliphatic carbocycles. The first kappa shape index (κ1) is 14.6. The highest BCUT2D eigenvalue weighted by Gasteiger charge is 2.27. The van der Waals surface area contributed by atoms with Crippen LogP contribution in [0.5, 0.6) is 0 Å². The van der Waals surface area contributed by atoms with Crippen molar-refractivity contribution in [3.05, 3.63) is 22.5 Å². The van der Waals surface area contributed by atoms with E-state index >= 15 is 0 Å². The van der Waals surface area contributed by atoms with Gasteiger partial charge in [0.2, 0.25) is 5.91 Å². The number of nitrogens with one attached hydrogen (secondary N) is 1. The van der Waals surface area contributed by atoms with Crippen molar-refractivity contribution in [2.45, 2.75) is 20.4 Å². The average Bonchev–Trinajstić information content (AvgIpc) is 2.75. The number of aromatic nitrogens is 2. The highest BCUT2D eigenvalue weighted by Crippen LogP contribution is 2.13. The topological polar surface area (TPSA) is 127 Å². The van der Waals surface area contributed by atoms with E-state index in [0.717, 1.165) is 17.1 Å². The van der Waals surface area contributed by atoms with E-state index in [4.69, 9.17) is 5.11 Å². The fraction of sp³-hybridized carbons (Fsp3) is 0.500. The van der Waals surface area contributed by atoms with E-state index in [2.05, 4.69) is 10.4 Å². The first-order valence-corrected chi connectivity index (χ1v) is 5.39. The number of aliphatic carboxylic acids is 1. The van der Waals surface area contributed by atoms with Crippen molar-refractivity contribution in [1.29, 1.82) is 0 Å². The van der Waals surface area contributed by atoms with Crippen molar-refractivity contribution in [3.8, 4) is 0 Å². The molecule has 0 saturated heterocycles. The maximum Gasteiger partial charge on any atom is 0.310 e. The quantitative estimate of drug-likeness (QED) is 0.554. The summed E-state index contributed by atoms with van der Waals surface area (Å²) in [4.78, 5) is 32.2. The van der Waals surface area contributed by atoms with E-state index in [1.807, 2.05) is 0 Å². The Morgan fingerprint density at radius 1 is 1.58 bits per heavy atom. The van der Waals surface area contributed by atoms with Gasteiger partial charge in [-0.2, -0.15) is 5.10 Å². The Labute approximate surface area is 108 Å². The molecular weight excluding hydrogens is 256 g/mol. The van der Waals surface area contributed by atoms with Crippen LogP contribution in [0.15, 0.2) is 12.4 Å². The average molecular weight is 270 g/mol. The van der Waals surface area contributed by atoms with Gasteiger partial charge in [-0.15, -0.1) is 0 Å². The zero-order chi connectivity index (χ0) is 14.6. The van der Waals surface area contributed by atoms with Crippen molar-refractivity contribution in [3.63, 3.8) is 0 Å². The van der Waals surface area contributed by atoms with Crippen LogP contribution in [0.2, 0.25) is 0 Å². The number of nitrogens with zero attached hydrogens (tertiary/aromatic N) is 3. The minimum absolute atomic E-state index is 0.0372. The first-order valence-electron chi connectivity index (χ1n) is 5.39. The maximum atomic E-state index is 11.5. The zero-order valence-electron chi connectivity index (χ0n) is 10.5. The van der Waals surface area contributed by atoms with Gasteiger partial charge in [-0.3, -0.25) is 24.4 Å². The normalized spacial score (nSPS) is 11.1. The van der Waals surface area contributed by atoms with E-state index in [1.54, 1.807) is 0 Å². The van der Waals surface area contributed by atoms with E-state index in [9.17, 15) is 19.7 Å². The van der Waals surface area contributed by atoms with Crippen LogP contribution >= 0.6 is 0 Å². The van der Waals surface area contributed by atoms with Gasteiger partial charge in [-0.25, -0.2) is 0 Å². The van der Waals surface area contributed by atoms with Gasteiger partial charge in [0.05, 0.1) is 10.3 Å². The monoisotopic (exact) mass is 270 g/mol. The largest absolute Gasteiger partial charge is 0.481 e. The highest BCUT2D eigenvalue weighted by atomic mass is 16.6. The second-order valence-corrected chi connectivity index (χ2v) is 4.62. The van der Waals surface area contributed by atoms with Gasteiger partial charge in [0, 0.05) is 6.54 Å². The summed E-state index contributed by atoms with van der Waals surface area (Å²) in [5, 5.41) is 25.4. The van der Waals surface area contributed by atoms with Crippen molar-refractivity contribution in [2.75, 3.05) is 6.54 Å². The molecule has 0 radical (unpaired) electrons. The molecular formula is C10H14N4O5. The Kier molecular flexibility index (Phi) is 4.20. The lowest BCUT2D eigenvalue weighted by atomic mass is 9.94. The minimum atomic E-state index is -1.08. The molecule has 1 amide bonds. The zero-order valence-corrected chi connectivity index (χ0v) is 10.5. The maximum absolute atomic E-state index is 11.5. The smallest absolute Gasteiger partial charge is 0.310 e. The van der Waals surface area contributed by atoms with Gasteiger partial charge in [0.1, 0.15) is 18.9 Å². The Balaban J connectivity index is 2.51. The Morgan fingerprint density at radius 2 is 2.21 bits per heavy atom. The molecule has 1 rings (SSSR count). The molecule has 0 fully saturated rings. The molecule has 0 aliphatic heterocycles.